The first-order valence-corrected chi connectivity index (χ1v) is 6.54. The van der Waals surface area contributed by atoms with E-state index in [0.29, 0.717) is 6.04 Å². The minimum atomic E-state index is 0.628. The van der Waals surface area contributed by atoms with Crippen molar-refractivity contribution in [2.75, 3.05) is 20.1 Å². The maximum atomic E-state index is 4.34. The standard InChI is InChI=1S/C14H25N3/c1-4-15-13(2)8-7-11-17(3)12-14-9-5-6-10-16-14/h5-6,9-10,13,15H,4,7-8,11-12H2,1-3H3. The molecule has 0 fully saturated rings. The Kier molecular flexibility index (Phi) is 6.82. The first-order valence-electron chi connectivity index (χ1n) is 6.54. The van der Waals surface area contributed by atoms with E-state index >= 15 is 0 Å². The van der Waals surface area contributed by atoms with Crippen LogP contribution in [-0.4, -0.2) is 36.1 Å². The molecule has 1 aromatic rings. The van der Waals surface area contributed by atoms with Crippen LogP contribution in [0.1, 0.15) is 32.4 Å². The van der Waals surface area contributed by atoms with Gasteiger partial charge < -0.3 is 10.2 Å². The van der Waals surface area contributed by atoms with Crippen LogP contribution < -0.4 is 5.32 Å². The summed E-state index contributed by atoms with van der Waals surface area (Å²) < 4.78 is 0. The van der Waals surface area contributed by atoms with Gasteiger partial charge in [-0.25, -0.2) is 0 Å². The molecular formula is C14H25N3. The number of nitrogens with one attached hydrogen (secondary N) is 1. The summed E-state index contributed by atoms with van der Waals surface area (Å²) in [6.45, 7) is 7.54. The largest absolute Gasteiger partial charge is 0.315 e. The molecule has 0 saturated carbocycles. The van der Waals surface area contributed by atoms with Gasteiger partial charge in [-0.2, -0.15) is 0 Å². The molecule has 0 radical (unpaired) electrons. The number of hydrogen-bond donors (Lipinski definition) is 1. The van der Waals surface area contributed by atoms with Gasteiger partial charge in [0.15, 0.2) is 0 Å². The van der Waals surface area contributed by atoms with E-state index in [2.05, 4.69) is 42.2 Å². The predicted molar refractivity (Wildman–Crippen MR) is 72.9 cm³/mol. The Labute approximate surface area is 105 Å². The van der Waals surface area contributed by atoms with E-state index in [9.17, 15) is 0 Å². The molecule has 1 N–H and O–H groups in total. The fourth-order valence-electron chi connectivity index (χ4n) is 1.97. The molecule has 0 aromatic carbocycles. The van der Waals surface area contributed by atoms with Crippen LogP contribution >= 0.6 is 0 Å². The maximum absolute atomic E-state index is 4.34. The molecular weight excluding hydrogens is 210 g/mol. The molecule has 0 saturated heterocycles. The van der Waals surface area contributed by atoms with Crippen molar-refractivity contribution in [3.05, 3.63) is 30.1 Å². The lowest BCUT2D eigenvalue weighted by atomic mass is 10.2. The SMILES string of the molecule is CCNC(C)CCCN(C)Cc1ccccn1. The van der Waals surface area contributed by atoms with Crippen LogP contribution in [0.15, 0.2) is 24.4 Å². The van der Waals surface area contributed by atoms with Gasteiger partial charge in [0.2, 0.25) is 0 Å². The summed E-state index contributed by atoms with van der Waals surface area (Å²) in [6.07, 6.45) is 4.33. The second-order valence-corrected chi connectivity index (χ2v) is 4.66. The van der Waals surface area contributed by atoms with Gasteiger partial charge in [-0.1, -0.05) is 13.0 Å². The molecule has 17 heavy (non-hydrogen) atoms. The van der Waals surface area contributed by atoms with E-state index in [1.54, 1.807) is 0 Å². The molecule has 0 aliphatic heterocycles. The Morgan fingerprint density at radius 2 is 2.24 bits per heavy atom. The Balaban J connectivity index is 2.15. The molecule has 0 aliphatic rings. The second kappa shape index (κ2) is 8.20. The van der Waals surface area contributed by atoms with Crippen molar-refractivity contribution in [2.24, 2.45) is 0 Å². The molecule has 0 amide bonds. The van der Waals surface area contributed by atoms with Gasteiger partial charge in [-0.3, -0.25) is 4.98 Å². The average molecular weight is 235 g/mol. The molecule has 3 nitrogen and oxygen atoms in total. The summed E-state index contributed by atoms with van der Waals surface area (Å²) >= 11 is 0. The number of pyridine rings is 1. The Morgan fingerprint density at radius 1 is 1.41 bits per heavy atom. The van der Waals surface area contributed by atoms with E-state index < -0.39 is 0 Å². The van der Waals surface area contributed by atoms with Crippen LogP contribution in [0.3, 0.4) is 0 Å². The summed E-state index contributed by atoms with van der Waals surface area (Å²) in [5, 5.41) is 3.44. The summed E-state index contributed by atoms with van der Waals surface area (Å²) in [4.78, 5) is 6.67. The quantitative estimate of drug-likeness (QED) is 0.749. The van der Waals surface area contributed by atoms with Crippen LogP contribution in [0, 0.1) is 0 Å². The molecule has 1 unspecified atom stereocenters. The summed E-state index contributed by atoms with van der Waals surface area (Å²) in [6, 6.07) is 6.71. The zero-order chi connectivity index (χ0) is 12.5. The highest BCUT2D eigenvalue weighted by molar-refractivity contribution is 5.02. The van der Waals surface area contributed by atoms with Gasteiger partial charge in [0.1, 0.15) is 0 Å². The van der Waals surface area contributed by atoms with Crippen LogP contribution in [0.4, 0.5) is 0 Å². The molecule has 0 spiro atoms. The lowest BCUT2D eigenvalue weighted by Crippen LogP contribution is -2.27. The van der Waals surface area contributed by atoms with Crippen molar-refractivity contribution >= 4 is 0 Å². The first-order chi connectivity index (χ1) is 8.22. The molecule has 96 valence electrons. The van der Waals surface area contributed by atoms with Crippen LogP contribution in [0.2, 0.25) is 0 Å². The van der Waals surface area contributed by atoms with Gasteiger partial charge >= 0.3 is 0 Å². The van der Waals surface area contributed by atoms with Crippen LogP contribution in [0.25, 0.3) is 0 Å². The van der Waals surface area contributed by atoms with Crippen LogP contribution in [0.5, 0.6) is 0 Å². The van der Waals surface area contributed by atoms with Crippen molar-refractivity contribution in [3.63, 3.8) is 0 Å². The highest BCUT2D eigenvalue weighted by atomic mass is 15.1. The minimum absolute atomic E-state index is 0.628. The van der Waals surface area contributed by atoms with E-state index in [1.807, 2.05) is 18.3 Å². The van der Waals surface area contributed by atoms with Crippen molar-refractivity contribution in [3.8, 4) is 0 Å². The molecule has 0 aliphatic carbocycles. The maximum Gasteiger partial charge on any atom is 0.0543 e. The topological polar surface area (TPSA) is 28.2 Å². The highest BCUT2D eigenvalue weighted by Gasteiger charge is 2.03. The molecule has 0 bridgehead atoms. The molecule has 1 aromatic heterocycles. The highest BCUT2D eigenvalue weighted by Crippen LogP contribution is 2.02. The fourth-order valence-corrected chi connectivity index (χ4v) is 1.97. The lowest BCUT2D eigenvalue weighted by Gasteiger charge is -2.18. The smallest absolute Gasteiger partial charge is 0.0543 e. The predicted octanol–water partition coefficient (Wildman–Crippen LogP) is 2.29. The van der Waals surface area contributed by atoms with Gasteiger partial charge in [-0.05, 0) is 52.0 Å². The molecule has 1 rings (SSSR count). The second-order valence-electron chi connectivity index (χ2n) is 4.66. The third-order valence-corrected chi connectivity index (χ3v) is 2.89. The third kappa shape index (κ3) is 6.39. The van der Waals surface area contributed by atoms with E-state index in [-0.39, 0.29) is 0 Å². The van der Waals surface area contributed by atoms with E-state index in [0.717, 1.165) is 25.3 Å². The molecule has 3 heteroatoms. The van der Waals surface area contributed by atoms with Gasteiger partial charge in [0.05, 0.1) is 5.69 Å². The van der Waals surface area contributed by atoms with Gasteiger partial charge in [0, 0.05) is 18.8 Å². The summed E-state index contributed by atoms with van der Waals surface area (Å²) in [7, 11) is 2.16. The van der Waals surface area contributed by atoms with Gasteiger partial charge in [0.25, 0.3) is 0 Å². The molecule has 1 heterocycles. The zero-order valence-electron chi connectivity index (χ0n) is 11.3. The normalized spacial score (nSPS) is 12.9. The van der Waals surface area contributed by atoms with Crippen molar-refractivity contribution in [2.45, 2.75) is 39.3 Å². The van der Waals surface area contributed by atoms with E-state index in [1.165, 1.54) is 12.8 Å². The number of rotatable bonds is 8. The Morgan fingerprint density at radius 3 is 2.88 bits per heavy atom. The average Bonchev–Trinajstić information content (AvgIpc) is 2.30. The summed E-state index contributed by atoms with van der Waals surface area (Å²) in [5.41, 5.74) is 1.15. The first kappa shape index (κ1) is 14.1. The van der Waals surface area contributed by atoms with Crippen LogP contribution in [-0.2, 0) is 6.54 Å². The van der Waals surface area contributed by atoms with Crippen molar-refractivity contribution in [1.29, 1.82) is 0 Å². The van der Waals surface area contributed by atoms with E-state index in [4.69, 9.17) is 0 Å². The zero-order valence-corrected chi connectivity index (χ0v) is 11.3. The Hall–Kier alpha value is -0.930. The number of hydrogen-bond acceptors (Lipinski definition) is 3. The lowest BCUT2D eigenvalue weighted by molar-refractivity contribution is 0.307. The summed E-state index contributed by atoms with van der Waals surface area (Å²) in [5.74, 6) is 0. The number of aromatic nitrogens is 1. The number of nitrogens with zero attached hydrogens (tertiary/aromatic N) is 2. The fraction of sp³-hybridized carbons (Fsp3) is 0.643. The Bertz CT molecular complexity index is 287. The third-order valence-electron chi connectivity index (χ3n) is 2.89. The molecule has 1 atom stereocenters. The van der Waals surface area contributed by atoms with Gasteiger partial charge in [-0.15, -0.1) is 0 Å². The monoisotopic (exact) mass is 235 g/mol. The van der Waals surface area contributed by atoms with Crippen molar-refractivity contribution in [1.82, 2.24) is 15.2 Å². The van der Waals surface area contributed by atoms with Crippen molar-refractivity contribution < 1.29 is 0 Å². The minimum Gasteiger partial charge on any atom is -0.315 e.